The number of nitrogens with one attached hydrogen (secondary N) is 13. The van der Waals surface area contributed by atoms with Gasteiger partial charge in [-0.3, -0.25) is 68.7 Å². The number of H-pyrrole nitrogens is 1. The Morgan fingerprint density at radius 1 is 0.530 bits per heavy atom. The monoisotopic (exact) mass is 1410 g/mol. The molecule has 554 valence electrons. The molecular formula is C63H102N22O15. The topological polar surface area (TPSA) is 614 Å². The van der Waals surface area contributed by atoms with E-state index in [9.17, 15) is 58.5 Å². The van der Waals surface area contributed by atoms with Gasteiger partial charge < -0.3 is 118 Å². The Hall–Kier alpha value is -8.86. The van der Waals surface area contributed by atoms with Gasteiger partial charge in [0.05, 0.1) is 19.3 Å². The third-order valence-corrected chi connectivity index (χ3v) is 16.9. The zero-order valence-electron chi connectivity index (χ0n) is 56.5. The second-order valence-electron chi connectivity index (χ2n) is 24.9. The first-order valence-electron chi connectivity index (χ1n) is 33.4. The number of aromatic nitrogens is 1. The molecule has 30 N–H and O–H groups in total. The molecule has 2 aliphatic rings. The van der Waals surface area contributed by atoms with Gasteiger partial charge in [0.25, 0.3) is 0 Å². The van der Waals surface area contributed by atoms with Gasteiger partial charge in [-0.2, -0.15) is 0 Å². The summed E-state index contributed by atoms with van der Waals surface area (Å²) in [6.07, 6.45) is -1.34. The van der Waals surface area contributed by atoms with E-state index in [0.29, 0.717) is 34.9 Å². The maximum Gasteiger partial charge on any atom is 0.328 e. The Labute approximate surface area is 578 Å². The van der Waals surface area contributed by atoms with Crippen LogP contribution in [0.4, 0.5) is 0 Å². The summed E-state index contributed by atoms with van der Waals surface area (Å²) in [6.45, 7) is 3.18. The number of carboxylic acid groups (broad SMARTS) is 1. The molecular weight excluding hydrogens is 1300 g/mol. The number of amides is 11. The minimum atomic E-state index is -1.65. The van der Waals surface area contributed by atoms with E-state index >= 15 is 14.4 Å². The molecule has 0 bridgehead atoms. The number of aliphatic hydroxyl groups excluding tert-OH is 2. The smallest absolute Gasteiger partial charge is 0.328 e. The van der Waals surface area contributed by atoms with Crippen molar-refractivity contribution in [2.45, 2.75) is 189 Å². The first kappa shape index (κ1) is 81.8. The number of hydrogen-bond donors (Lipinski definition) is 23. The van der Waals surface area contributed by atoms with Crippen LogP contribution in [-0.4, -0.2) is 238 Å². The van der Waals surface area contributed by atoms with Crippen molar-refractivity contribution in [1.29, 1.82) is 0 Å². The number of carbonyl (C=O) groups is 12. The molecule has 0 aliphatic carbocycles. The minimum absolute atomic E-state index is 0.000398. The number of aromatic amines is 1. The van der Waals surface area contributed by atoms with Gasteiger partial charge in [-0.05, 0) is 122 Å². The molecule has 0 saturated carbocycles. The van der Waals surface area contributed by atoms with E-state index in [0.717, 1.165) is 0 Å². The van der Waals surface area contributed by atoms with E-state index in [2.05, 4.69) is 68.8 Å². The van der Waals surface area contributed by atoms with Crippen LogP contribution in [0.25, 0.3) is 10.9 Å². The Kier molecular flexibility index (Phi) is 33.6. The Bertz CT molecular complexity index is 3230. The normalized spacial score (nSPS) is 17.6. The Morgan fingerprint density at radius 2 is 0.990 bits per heavy atom. The van der Waals surface area contributed by atoms with Crippen LogP contribution in [0, 0.1) is 0 Å². The third kappa shape index (κ3) is 26.0. The highest BCUT2D eigenvalue weighted by Crippen LogP contribution is 2.24. The Morgan fingerprint density at radius 3 is 1.52 bits per heavy atom. The zero-order valence-corrected chi connectivity index (χ0v) is 56.5. The van der Waals surface area contributed by atoms with E-state index in [4.69, 9.17) is 40.1 Å². The lowest BCUT2D eigenvalue weighted by molar-refractivity contribution is -0.145. The zero-order chi connectivity index (χ0) is 73.8. The molecule has 5 rings (SSSR count). The summed E-state index contributed by atoms with van der Waals surface area (Å²) >= 11 is 0. The lowest BCUT2D eigenvalue weighted by Gasteiger charge is -2.31. The number of rotatable bonds is 42. The Balaban J connectivity index is 1.38. The summed E-state index contributed by atoms with van der Waals surface area (Å²) in [6, 6.07) is 1.10. The van der Waals surface area contributed by atoms with E-state index in [-0.39, 0.29) is 96.9 Å². The number of aliphatic hydroxyl groups is 2. The van der Waals surface area contributed by atoms with Gasteiger partial charge in [0.2, 0.25) is 65.0 Å². The van der Waals surface area contributed by atoms with Crippen molar-refractivity contribution in [2.75, 3.05) is 45.9 Å². The molecule has 0 unspecified atom stereocenters. The van der Waals surface area contributed by atoms with Gasteiger partial charge in [-0.15, -0.1) is 0 Å². The largest absolute Gasteiger partial charge is 0.480 e. The fourth-order valence-electron chi connectivity index (χ4n) is 11.5. The number of nitrogens with zero attached hydrogens (tertiary/aromatic N) is 2. The van der Waals surface area contributed by atoms with E-state index in [1.54, 1.807) is 60.8 Å². The summed E-state index contributed by atoms with van der Waals surface area (Å²) in [4.78, 5) is 172. The van der Waals surface area contributed by atoms with Crippen molar-refractivity contribution in [2.24, 2.45) is 40.1 Å². The molecule has 37 heteroatoms. The number of benzene rings is 2. The third-order valence-electron chi connectivity index (χ3n) is 16.9. The predicted molar refractivity (Wildman–Crippen MR) is 364 cm³/mol. The quantitative estimate of drug-likeness (QED) is 0.0185. The molecule has 11 amide bonds. The predicted octanol–water partition coefficient (Wildman–Crippen LogP) is -8.53. The molecule has 100 heavy (non-hydrogen) atoms. The van der Waals surface area contributed by atoms with Crippen molar-refractivity contribution in [3.63, 3.8) is 0 Å². The average molecular weight is 1410 g/mol. The molecule has 0 spiro atoms. The van der Waals surface area contributed by atoms with E-state index in [1.807, 2.05) is 0 Å². The fourth-order valence-corrected chi connectivity index (χ4v) is 11.5. The SMILES string of the molecule is C[C@H](NC(=O)[C@@H](N)CO)C(=O)N[C@@H](CCCNC(N)N)C(=O)N[C@@H](Cc1c[nH]c2ccccc12)C(=O)N[C@@H](CCCNC(N)N)C(=O)N[C@@H](Cc1ccccc1)C(=O)N1CCC[C@H]1C(=O)N[C@@H](C)C(=O)N[C@@H](CCCNC(N)N)C(=O)N1CCC[C@H]1C(=O)NCC(=O)N[C@H](C(=O)O)[C@@H](C)O. The molecule has 1 aromatic heterocycles. The number of hydrogen-bond acceptors (Lipinski definition) is 24. The number of nitrogens with two attached hydrogens (primary N) is 7. The lowest BCUT2D eigenvalue weighted by Crippen LogP contribution is -2.61. The number of fused-ring (bicyclic) bond motifs is 1. The molecule has 2 aromatic carbocycles. The van der Waals surface area contributed by atoms with Crippen LogP contribution in [-0.2, 0) is 70.4 Å². The van der Waals surface area contributed by atoms with Crippen molar-refractivity contribution < 1.29 is 72.9 Å². The number of likely N-dealkylation sites (tertiary alicyclic amines) is 2. The van der Waals surface area contributed by atoms with Crippen LogP contribution >= 0.6 is 0 Å². The second-order valence-corrected chi connectivity index (χ2v) is 24.9. The van der Waals surface area contributed by atoms with Crippen molar-refractivity contribution in [3.05, 3.63) is 71.9 Å². The molecule has 2 fully saturated rings. The summed E-state index contributed by atoms with van der Waals surface area (Å²) in [7, 11) is 0. The number of carboxylic acids is 1. The fraction of sp³-hybridized carbons (Fsp3) is 0.587. The second kappa shape index (κ2) is 41.0. The molecule has 3 heterocycles. The van der Waals surface area contributed by atoms with Crippen molar-refractivity contribution >= 4 is 81.9 Å². The highest BCUT2D eigenvalue weighted by molar-refractivity contribution is 6.00. The number of carbonyl (C=O) groups excluding carboxylic acids is 11. The van der Waals surface area contributed by atoms with Gasteiger partial charge in [-0.1, -0.05) is 48.5 Å². The maximum atomic E-state index is 15.1. The van der Waals surface area contributed by atoms with Gasteiger partial charge in [0, 0.05) is 43.0 Å². The minimum Gasteiger partial charge on any atom is -0.480 e. The van der Waals surface area contributed by atoms with Gasteiger partial charge >= 0.3 is 5.97 Å². The summed E-state index contributed by atoms with van der Waals surface area (Å²) in [5, 5.41) is 61.1. The van der Waals surface area contributed by atoms with Gasteiger partial charge in [0.15, 0.2) is 6.04 Å². The van der Waals surface area contributed by atoms with E-state index in [1.165, 1.54) is 30.6 Å². The van der Waals surface area contributed by atoms with E-state index < -0.39 is 176 Å². The highest BCUT2D eigenvalue weighted by atomic mass is 16.4. The summed E-state index contributed by atoms with van der Waals surface area (Å²) in [5.74, 6) is -10.2. The lowest BCUT2D eigenvalue weighted by atomic mass is 10.0. The molecule has 2 saturated heterocycles. The first-order chi connectivity index (χ1) is 47.5. The van der Waals surface area contributed by atoms with Crippen LogP contribution < -0.4 is 104 Å². The molecule has 37 nitrogen and oxygen atoms in total. The standard InChI is InChI=1S/C63H102N22O15/c1-33(76-52(91)39(64)32-86)50(89)78-41(18-9-23-71-61(65)66)53(92)81-44(29-37-30-74-40-17-8-7-16-38(37)40)55(94)79-42(19-10-24-72-62(67)68)54(93)82-45(28-36-14-5-4-6-15-36)59(98)85-27-13-22-47(85)57(96)77-34(2)51(90)80-43(20-11-25-73-63(69)70)58(97)84-26-12-21-46(84)56(95)75-31-48(88)83-49(35(3)87)60(99)100/h4-8,14-17,30,33-35,39,41-47,49,61-63,71-74,86-87H,9-13,18-29,31-32,64-70H2,1-3H3,(H,75,95)(H,76,91)(H,77,96)(H,78,89)(H,79,94)(H,80,90)(H,81,92)(H,82,93)(H,83,88)(H,99,100)/t33-,34-,35+,39-,41-,42-,43-,44-,45-,46-,47-,49-/m0/s1. The van der Waals surface area contributed by atoms with Crippen molar-refractivity contribution in [1.82, 2.24) is 78.6 Å². The number of para-hydroxylation sites is 1. The van der Waals surface area contributed by atoms with Crippen LogP contribution in [0.1, 0.15) is 96.1 Å². The molecule has 3 aromatic rings. The highest BCUT2D eigenvalue weighted by Gasteiger charge is 2.42. The summed E-state index contributed by atoms with van der Waals surface area (Å²) in [5.41, 5.74) is 41.8. The van der Waals surface area contributed by atoms with Crippen molar-refractivity contribution in [3.8, 4) is 0 Å². The summed E-state index contributed by atoms with van der Waals surface area (Å²) < 4.78 is 0. The number of aliphatic carboxylic acids is 1. The van der Waals surface area contributed by atoms with Crippen LogP contribution in [0.3, 0.4) is 0 Å². The van der Waals surface area contributed by atoms with Crippen LogP contribution in [0.2, 0.25) is 0 Å². The maximum absolute atomic E-state index is 15.1. The van der Waals surface area contributed by atoms with Gasteiger partial charge in [-0.25, -0.2) is 4.79 Å². The molecule has 2 aliphatic heterocycles. The van der Waals surface area contributed by atoms with Gasteiger partial charge in [0.1, 0.15) is 79.3 Å². The average Bonchev–Trinajstić information content (AvgIpc) is 1.56. The molecule has 0 radical (unpaired) electrons. The molecule has 12 atom stereocenters. The van der Waals surface area contributed by atoms with Crippen LogP contribution in [0.5, 0.6) is 0 Å². The first-order valence-corrected chi connectivity index (χ1v) is 33.4. The van der Waals surface area contributed by atoms with Crippen LogP contribution in [0.15, 0.2) is 60.8 Å².